The number of likely N-dealkylation sites (N-methyl/N-ethyl adjacent to an activating group) is 1. The number of nitrogens with two attached hydrogens (primary N) is 1. The quantitative estimate of drug-likeness (QED) is 0.404. The van der Waals surface area contributed by atoms with Crippen molar-refractivity contribution in [3.8, 4) is 11.3 Å². The third-order valence-corrected chi connectivity index (χ3v) is 6.65. The molecule has 2 N–H and O–H groups in total. The first-order valence-corrected chi connectivity index (χ1v) is 12.0. The van der Waals surface area contributed by atoms with Gasteiger partial charge in [-0.2, -0.15) is 0 Å². The molecule has 1 atom stereocenters. The topological polar surface area (TPSA) is 86.2 Å². The van der Waals surface area contributed by atoms with E-state index in [1.807, 2.05) is 55.8 Å². The normalized spacial score (nSPS) is 12.4. The van der Waals surface area contributed by atoms with Crippen molar-refractivity contribution in [3.63, 3.8) is 0 Å². The highest BCUT2D eigenvalue weighted by Gasteiger charge is 2.21. The fourth-order valence-electron chi connectivity index (χ4n) is 4.27. The number of carbonyl (C=O) groups excluding carboxylic acids is 1. The molecule has 0 bridgehead atoms. The Labute approximate surface area is 207 Å². The van der Waals surface area contributed by atoms with E-state index in [0.717, 1.165) is 10.9 Å². The molecule has 2 aromatic carbocycles. The number of para-hydroxylation sites is 1. The third-order valence-electron chi connectivity index (χ3n) is 5.92. The van der Waals surface area contributed by atoms with Gasteiger partial charge in [0, 0.05) is 48.3 Å². The van der Waals surface area contributed by atoms with Crippen LogP contribution in [0.2, 0.25) is 10.0 Å². The van der Waals surface area contributed by atoms with Crippen LogP contribution in [-0.2, 0) is 17.9 Å². The predicted molar refractivity (Wildman–Crippen MR) is 139 cm³/mol. The number of nitrogens with zero attached hydrogens (tertiary/aromatic N) is 4. The Morgan fingerprint density at radius 3 is 2.47 bits per heavy atom. The number of hydrogen-bond donors (Lipinski definition) is 1. The molecule has 0 fully saturated rings. The minimum absolute atomic E-state index is 0.0135. The smallest absolute Gasteiger partial charge is 0.277 e. The van der Waals surface area contributed by atoms with E-state index in [-0.39, 0.29) is 29.7 Å². The van der Waals surface area contributed by atoms with Crippen LogP contribution in [0.15, 0.2) is 47.4 Å². The summed E-state index contributed by atoms with van der Waals surface area (Å²) in [5.74, 6) is 0.0135. The molecule has 0 spiro atoms. The van der Waals surface area contributed by atoms with Crippen molar-refractivity contribution in [1.82, 2.24) is 19.0 Å². The molecular weight excluding hydrogens is 473 g/mol. The van der Waals surface area contributed by atoms with E-state index in [4.69, 9.17) is 33.9 Å². The molecule has 7 nitrogen and oxygen atoms in total. The number of halogens is 2. The molecule has 0 saturated heterocycles. The van der Waals surface area contributed by atoms with Crippen LogP contribution < -0.4 is 11.3 Å². The number of carbonyl (C=O) groups is 1. The number of fused-ring (bicyclic) bond motifs is 2. The van der Waals surface area contributed by atoms with Crippen molar-refractivity contribution in [3.05, 3.63) is 63.0 Å². The maximum Gasteiger partial charge on any atom is 0.277 e. The average Bonchev–Trinajstić information content (AvgIpc) is 3.16. The lowest BCUT2D eigenvalue weighted by atomic mass is 10.1. The van der Waals surface area contributed by atoms with Gasteiger partial charge in [0.2, 0.25) is 5.91 Å². The summed E-state index contributed by atoms with van der Waals surface area (Å²) in [5.41, 5.74) is 8.68. The van der Waals surface area contributed by atoms with Crippen LogP contribution in [0, 0.1) is 0 Å². The molecule has 9 heteroatoms. The van der Waals surface area contributed by atoms with E-state index in [2.05, 4.69) is 0 Å². The lowest BCUT2D eigenvalue weighted by Crippen LogP contribution is -2.33. The molecule has 178 valence electrons. The van der Waals surface area contributed by atoms with E-state index in [1.54, 1.807) is 21.6 Å². The lowest BCUT2D eigenvalue weighted by molar-refractivity contribution is -0.131. The highest BCUT2D eigenvalue weighted by molar-refractivity contribution is 6.42. The molecule has 4 rings (SSSR count). The highest BCUT2D eigenvalue weighted by atomic mass is 35.5. The zero-order valence-corrected chi connectivity index (χ0v) is 20.9. The first kappa shape index (κ1) is 24.3. The number of benzene rings is 2. The Kier molecular flexibility index (Phi) is 6.98. The molecule has 1 amide bonds. The van der Waals surface area contributed by atoms with Gasteiger partial charge in [-0.3, -0.25) is 9.59 Å². The molecule has 0 aliphatic carbocycles. The van der Waals surface area contributed by atoms with Crippen molar-refractivity contribution in [2.24, 2.45) is 5.73 Å². The minimum Gasteiger partial charge on any atom is -0.342 e. The van der Waals surface area contributed by atoms with E-state index in [0.29, 0.717) is 46.3 Å². The molecule has 0 saturated carbocycles. The first-order valence-electron chi connectivity index (χ1n) is 11.3. The van der Waals surface area contributed by atoms with Gasteiger partial charge in [0.1, 0.15) is 12.2 Å². The predicted octanol–water partition coefficient (Wildman–Crippen LogP) is 4.54. The van der Waals surface area contributed by atoms with Crippen molar-refractivity contribution >= 4 is 51.0 Å². The fourth-order valence-corrected chi connectivity index (χ4v) is 4.59. The van der Waals surface area contributed by atoms with Crippen LogP contribution >= 0.6 is 23.2 Å². The first-order chi connectivity index (χ1) is 16.2. The van der Waals surface area contributed by atoms with Crippen LogP contribution in [0.3, 0.4) is 0 Å². The molecule has 0 radical (unpaired) electrons. The minimum atomic E-state index is -0.277. The largest absolute Gasteiger partial charge is 0.342 e. The summed E-state index contributed by atoms with van der Waals surface area (Å²) in [4.78, 5) is 33.0. The van der Waals surface area contributed by atoms with Gasteiger partial charge in [0.05, 0.1) is 21.1 Å². The summed E-state index contributed by atoms with van der Waals surface area (Å²) in [7, 11) is 0. The SMILES string of the molecule is CCN(CC)C(=O)Cn1cc(-c2nc3cc(Cl)c(Cl)cc3n(CC(C)N)c2=O)c2ccccc21. The maximum absolute atomic E-state index is 13.7. The van der Waals surface area contributed by atoms with Crippen LogP contribution in [0.5, 0.6) is 0 Å². The van der Waals surface area contributed by atoms with Gasteiger partial charge in [-0.1, -0.05) is 41.4 Å². The van der Waals surface area contributed by atoms with Crippen molar-refractivity contribution in [1.29, 1.82) is 0 Å². The molecule has 2 heterocycles. The van der Waals surface area contributed by atoms with Gasteiger partial charge in [-0.25, -0.2) is 4.98 Å². The standard InChI is InChI=1S/C25H27Cl2N5O2/c1-4-30(5-2)23(33)14-31-13-17(16-8-6-7-9-21(16)31)24-25(34)32(12-15(3)28)22-11-19(27)18(26)10-20(22)29-24/h6-11,13,15H,4-5,12,14,28H2,1-3H3. The molecule has 34 heavy (non-hydrogen) atoms. The monoisotopic (exact) mass is 499 g/mol. The fraction of sp³-hybridized carbons (Fsp3) is 0.320. The zero-order valence-electron chi connectivity index (χ0n) is 19.4. The average molecular weight is 500 g/mol. The maximum atomic E-state index is 13.7. The van der Waals surface area contributed by atoms with Gasteiger partial charge in [0.25, 0.3) is 5.56 Å². The summed E-state index contributed by atoms with van der Waals surface area (Å²) in [6.07, 6.45) is 1.83. The van der Waals surface area contributed by atoms with Crippen molar-refractivity contribution in [2.75, 3.05) is 13.1 Å². The molecule has 1 unspecified atom stereocenters. The second-order valence-corrected chi connectivity index (χ2v) is 9.18. The molecule has 2 aromatic heterocycles. The van der Waals surface area contributed by atoms with Gasteiger partial charge < -0.3 is 19.8 Å². The summed E-state index contributed by atoms with van der Waals surface area (Å²) in [5, 5.41) is 1.53. The second-order valence-electron chi connectivity index (χ2n) is 8.36. The van der Waals surface area contributed by atoms with E-state index >= 15 is 0 Å². The second kappa shape index (κ2) is 9.78. The molecular formula is C25H27Cl2N5O2. The summed E-state index contributed by atoms with van der Waals surface area (Å²) < 4.78 is 3.47. The summed E-state index contributed by atoms with van der Waals surface area (Å²) in [6.45, 7) is 7.49. The van der Waals surface area contributed by atoms with Crippen molar-refractivity contribution < 1.29 is 4.79 Å². The zero-order chi connectivity index (χ0) is 24.6. The number of aromatic nitrogens is 3. The number of amides is 1. The Hall–Kier alpha value is -2.87. The van der Waals surface area contributed by atoms with Gasteiger partial charge in [0.15, 0.2) is 0 Å². The Balaban J connectivity index is 1.96. The molecule has 0 aliphatic rings. The summed E-state index contributed by atoms with van der Waals surface area (Å²) in [6, 6.07) is 10.7. The third kappa shape index (κ3) is 4.43. The lowest BCUT2D eigenvalue weighted by Gasteiger charge is -2.19. The van der Waals surface area contributed by atoms with Crippen LogP contribution in [0.25, 0.3) is 33.2 Å². The van der Waals surface area contributed by atoms with Gasteiger partial charge in [-0.05, 0) is 39.0 Å². The van der Waals surface area contributed by atoms with Crippen molar-refractivity contribution in [2.45, 2.75) is 39.9 Å². The van der Waals surface area contributed by atoms with Crippen LogP contribution in [-0.4, -0.2) is 44.1 Å². The van der Waals surface area contributed by atoms with Gasteiger partial charge >= 0.3 is 0 Å². The van der Waals surface area contributed by atoms with E-state index < -0.39 is 0 Å². The number of hydrogen-bond acceptors (Lipinski definition) is 4. The Morgan fingerprint density at radius 2 is 1.79 bits per heavy atom. The number of rotatable bonds is 7. The van der Waals surface area contributed by atoms with Crippen LogP contribution in [0.1, 0.15) is 20.8 Å². The van der Waals surface area contributed by atoms with E-state index in [9.17, 15) is 9.59 Å². The summed E-state index contributed by atoms with van der Waals surface area (Å²) >= 11 is 12.5. The van der Waals surface area contributed by atoms with Gasteiger partial charge in [-0.15, -0.1) is 0 Å². The molecule has 0 aliphatic heterocycles. The highest BCUT2D eigenvalue weighted by Crippen LogP contribution is 2.31. The Bertz CT molecular complexity index is 1440. The molecule has 4 aromatic rings. The van der Waals surface area contributed by atoms with Crippen LogP contribution in [0.4, 0.5) is 0 Å². The van der Waals surface area contributed by atoms with E-state index in [1.165, 1.54) is 0 Å². The Morgan fingerprint density at radius 1 is 1.12 bits per heavy atom.